The van der Waals surface area contributed by atoms with Gasteiger partial charge in [-0.05, 0) is 36.1 Å². The standard InChI is InChI=1S/C10H12BrNO2S/c1-15(13,14)12-10-5-7-2-3-9(11)4-8(7)6-10/h2-4,10,12H,5-6H2,1H3. The summed E-state index contributed by atoms with van der Waals surface area (Å²) in [4.78, 5) is 0. The highest BCUT2D eigenvalue weighted by atomic mass is 79.9. The summed E-state index contributed by atoms with van der Waals surface area (Å²) in [5, 5.41) is 0. The third-order valence-corrected chi connectivity index (χ3v) is 3.74. The van der Waals surface area contributed by atoms with Crippen LogP contribution in [0.4, 0.5) is 0 Å². The summed E-state index contributed by atoms with van der Waals surface area (Å²) in [6.07, 6.45) is 2.77. The fraction of sp³-hybridized carbons (Fsp3) is 0.400. The van der Waals surface area contributed by atoms with Gasteiger partial charge in [-0.3, -0.25) is 0 Å². The van der Waals surface area contributed by atoms with E-state index in [2.05, 4.69) is 26.7 Å². The van der Waals surface area contributed by atoms with Gasteiger partial charge >= 0.3 is 0 Å². The van der Waals surface area contributed by atoms with Crippen LogP contribution in [0.1, 0.15) is 11.1 Å². The Kier molecular flexibility index (Phi) is 2.87. The van der Waals surface area contributed by atoms with Crippen LogP contribution in [0, 0.1) is 0 Å². The Morgan fingerprint density at radius 3 is 2.67 bits per heavy atom. The van der Waals surface area contributed by atoms with Crippen LogP contribution in [0.3, 0.4) is 0 Å². The molecule has 2 rings (SSSR count). The number of hydrogen-bond acceptors (Lipinski definition) is 2. The molecule has 0 amide bonds. The zero-order valence-corrected chi connectivity index (χ0v) is 10.7. The van der Waals surface area contributed by atoms with Crippen molar-refractivity contribution in [2.45, 2.75) is 18.9 Å². The monoisotopic (exact) mass is 289 g/mol. The van der Waals surface area contributed by atoms with Crippen molar-refractivity contribution >= 4 is 26.0 Å². The lowest BCUT2D eigenvalue weighted by atomic mass is 10.1. The minimum Gasteiger partial charge on any atom is -0.213 e. The van der Waals surface area contributed by atoms with E-state index in [1.54, 1.807) is 0 Å². The van der Waals surface area contributed by atoms with E-state index in [1.165, 1.54) is 17.4 Å². The summed E-state index contributed by atoms with van der Waals surface area (Å²) >= 11 is 3.41. The van der Waals surface area contributed by atoms with Gasteiger partial charge in [-0.15, -0.1) is 0 Å². The van der Waals surface area contributed by atoms with Gasteiger partial charge in [0.05, 0.1) is 6.26 Å². The van der Waals surface area contributed by atoms with Gasteiger partial charge < -0.3 is 0 Å². The Morgan fingerprint density at radius 1 is 1.33 bits per heavy atom. The Hall–Kier alpha value is -0.390. The third-order valence-electron chi connectivity index (χ3n) is 2.48. The van der Waals surface area contributed by atoms with Crippen molar-refractivity contribution in [1.82, 2.24) is 4.72 Å². The maximum absolute atomic E-state index is 11.1. The molecular formula is C10H12BrNO2S. The Labute approximate surface area is 98.1 Å². The summed E-state index contributed by atoms with van der Waals surface area (Å²) < 4.78 is 25.9. The van der Waals surface area contributed by atoms with Crippen molar-refractivity contribution < 1.29 is 8.42 Å². The second kappa shape index (κ2) is 3.88. The SMILES string of the molecule is CS(=O)(=O)NC1Cc2ccc(Br)cc2C1. The molecule has 0 aromatic heterocycles. The van der Waals surface area contributed by atoms with Gasteiger partial charge in [0, 0.05) is 10.5 Å². The molecule has 1 aromatic carbocycles. The summed E-state index contributed by atoms with van der Waals surface area (Å²) in [5.74, 6) is 0. The molecule has 0 saturated carbocycles. The van der Waals surface area contributed by atoms with Crippen molar-refractivity contribution in [1.29, 1.82) is 0 Å². The molecular weight excluding hydrogens is 278 g/mol. The zero-order valence-electron chi connectivity index (χ0n) is 8.33. The fourth-order valence-electron chi connectivity index (χ4n) is 1.97. The fourth-order valence-corrected chi connectivity index (χ4v) is 3.15. The molecule has 0 heterocycles. The average molecular weight is 290 g/mol. The summed E-state index contributed by atoms with van der Waals surface area (Å²) in [7, 11) is -3.10. The van der Waals surface area contributed by atoms with Crippen LogP contribution in [0.5, 0.6) is 0 Å². The predicted octanol–water partition coefficient (Wildman–Crippen LogP) is 1.47. The number of rotatable bonds is 2. The smallest absolute Gasteiger partial charge is 0.208 e. The van der Waals surface area contributed by atoms with Crippen molar-refractivity contribution in [3.8, 4) is 0 Å². The second-order valence-corrected chi connectivity index (χ2v) is 6.60. The molecule has 0 saturated heterocycles. The van der Waals surface area contributed by atoms with Crippen molar-refractivity contribution in [3.63, 3.8) is 0 Å². The molecule has 1 aliphatic carbocycles. The largest absolute Gasteiger partial charge is 0.213 e. The van der Waals surface area contributed by atoms with E-state index in [4.69, 9.17) is 0 Å². The number of benzene rings is 1. The topological polar surface area (TPSA) is 46.2 Å². The normalized spacial score (nSPS) is 20.3. The molecule has 1 N–H and O–H groups in total. The lowest BCUT2D eigenvalue weighted by Gasteiger charge is -2.08. The quantitative estimate of drug-likeness (QED) is 0.896. The van der Waals surface area contributed by atoms with Crippen molar-refractivity contribution in [2.24, 2.45) is 0 Å². The van der Waals surface area contributed by atoms with E-state index >= 15 is 0 Å². The van der Waals surface area contributed by atoms with Gasteiger partial charge in [0.1, 0.15) is 0 Å². The van der Waals surface area contributed by atoms with Gasteiger partial charge in [-0.25, -0.2) is 13.1 Å². The lowest BCUT2D eigenvalue weighted by molar-refractivity contribution is 0.561. The number of nitrogens with one attached hydrogen (secondary N) is 1. The first-order valence-corrected chi connectivity index (χ1v) is 7.37. The van der Waals surface area contributed by atoms with Crippen LogP contribution >= 0.6 is 15.9 Å². The minimum absolute atomic E-state index is 0.0179. The predicted molar refractivity (Wildman–Crippen MR) is 63.3 cm³/mol. The van der Waals surface area contributed by atoms with Gasteiger partial charge in [-0.1, -0.05) is 22.0 Å². The third kappa shape index (κ3) is 2.80. The summed E-state index contributed by atoms with van der Waals surface area (Å²) in [6.45, 7) is 0. The lowest BCUT2D eigenvalue weighted by Crippen LogP contribution is -2.34. The van der Waals surface area contributed by atoms with E-state index in [1.807, 2.05) is 12.1 Å². The molecule has 0 spiro atoms. The molecule has 0 bridgehead atoms. The van der Waals surface area contributed by atoms with Crippen molar-refractivity contribution in [3.05, 3.63) is 33.8 Å². The Bertz CT molecular complexity index is 484. The first-order valence-electron chi connectivity index (χ1n) is 4.69. The molecule has 1 unspecified atom stereocenters. The van der Waals surface area contributed by atoms with Crippen LogP contribution < -0.4 is 4.72 Å². The van der Waals surface area contributed by atoms with Gasteiger partial charge in [-0.2, -0.15) is 0 Å². The molecule has 1 atom stereocenters. The number of hydrogen-bond donors (Lipinski definition) is 1. The highest BCUT2D eigenvalue weighted by molar-refractivity contribution is 9.10. The van der Waals surface area contributed by atoms with Crippen molar-refractivity contribution in [2.75, 3.05) is 6.26 Å². The molecule has 1 aromatic rings. The van der Waals surface area contributed by atoms with Crippen LogP contribution in [-0.2, 0) is 22.9 Å². The van der Waals surface area contributed by atoms with E-state index in [0.717, 1.165) is 17.3 Å². The molecule has 1 aliphatic rings. The van der Waals surface area contributed by atoms with Crippen LogP contribution in [0.25, 0.3) is 0 Å². The number of sulfonamides is 1. The van der Waals surface area contributed by atoms with Crippen LogP contribution in [-0.4, -0.2) is 20.7 Å². The highest BCUT2D eigenvalue weighted by Crippen LogP contribution is 2.25. The van der Waals surface area contributed by atoms with E-state index in [0.29, 0.717) is 0 Å². The summed E-state index contributed by atoms with van der Waals surface area (Å²) in [5.41, 5.74) is 2.46. The van der Waals surface area contributed by atoms with Gasteiger partial charge in [0.25, 0.3) is 0 Å². The molecule has 15 heavy (non-hydrogen) atoms. The molecule has 0 radical (unpaired) electrons. The minimum atomic E-state index is -3.10. The molecule has 0 aliphatic heterocycles. The van der Waals surface area contributed by atoms with Crippen LogP contribution in [0.2, 0.25) is 0 Å². The molecule has 5 heteroatoms. The molecule has 0 fully saturated rings. The first-order chi connectivity index (χ1) is 6.94. The van der Waals surface area contributed by atoms with Gasteiger partial charge in [0.15, 0.2) is 0 Å². The highest BCUT2D eigenvalue weighted by Gasteiger charge is 2.23. The van der Waals surface area contributed by atoms with E-state index in [9.17, 15) is 8.42 Å². The molecule has 3 nitrogen and oxygen atoms in total. The maximum atomic E-state index is 11.1. The Morgan fingerprint density at radius 2 is 2.00 bits per heavy atom. The average Bonchev–Trinajstić information content (AvgIpc) is 2.42. The summed E-state index contributed by atoms with van der Waals surface area (Å²) in [6, 6.07) is 6.11. The second-order valence-electron chi connectivity index (χ2n) is 3.91. The number of fused-ring (bicyclic) bond motifs is 1. The Balaban J connectivity index is 2.16. The van der Waals surface area contributed by atoms with E-state index < -0.39 is 10.0 Å². The first kappa shape index (κ1) is 11.1. The number of halogens is 1. The van der Waals surface area contributed by atoms with E-state index in [-0.39, 0.29) is 6.04 Å². The maximum Gasteiger partial charge on any atom is 0.208 e. The van der Waals surface area contributed by atoms with Gasteiger partial charge in [0.2, 0.25) is 10.0 Å². The zero-order chi connectivity index (χ0) is 11.1. The molecule has 82 valence electrons. The van der Waals surface area contributed by atoms with Crippen LogP contribution in [0.15, 0.2) is 22.7 Å².